The lowest BCUT2D eigenvalue weighted by molar-refractivity contribution is 0.397. The van der Waals surface area contributed by atoms with Gasteiger partial charge < -0.3 is 9.47 Å². The molecule has 4 heteroatoms. The van der Waals surface area contributed by atoms with Gasteiger partial charge in [-0.15, -0.1) is 0 Å². The number of nitriles is 1. The fourth-order valence-corrected chi connectivity index (χ4v) is 1.63. The van der Waals surface area contributed by atoms with Gasteiger partial charge in [-0.2, -0.15) is 5.26 Å². The molecule has 0 aromatic heterocycles. The van der Waals surface area contributed by atoms with E-state index in [1.165, 1.54) is 0 Å². The maximum Gasteiger partial charge on any atom is 0.133 e. The molecule has 0 aliphatic carbocycles. The summed E-state index contributed by atoms with van der Waals surface area (Å²) in [5.41, 5.74) is 0.829. The van der Waals surface area contributed by atoms with Gasteiger partial charge in [-0.1, -0.05) is 0 Å². The third-order valence-corrected chi connectivity index (χ3v) is 2.44. The van der Waals surface area contributed by atoms with E-state index in [2.05, 4.69) is 22.0 Å². The third kappa shape index (κ3) is 2.18. The van der Waals surface area contributed by atoms with E-state index < -0.39 is 0 Å². The zero-order valence-electron chi connectivity index (χ0n) is 8.00. The molecule has 14 heavy (non-hydrogen) atoms. The van der Waals surface area contributed by atoms with Crippen LogP contribution in [-0.4, -0.2) is 14.2 Å². The fourth-order valence-electron chi connectivity index (χ4n) is 1.15. The number of halogens is 1. The monoisotopic (exact) mass is 255 g/mol. The van der Waals surface area contributed by atoms with Crippen LogP contribution >= 0.6 is 15.9 Å². The van der Waals surface area contributed by atoms with E-state index in [0.29, 0.717) is 17.9 Å². The van der Waals surface area contributed by atoms with Gasteiger partial charge in [0.25, 0.3) is 0 Å². The Kier molecular flexibility index (Phi) is 3.78. The molecule has 0 spiro atoms. The van der Waals surface area contributed by atoms with Crippen molar-refractivity contribution in [3.8, 4) is 17.6 Å². The van der Waals surface area contributed by atoms with Crippen LogP contribution in [0.3, 0.4) is 0 Å². The van der Waals surface area contributed by atoms with E-state index >= 15 is 0 Å². The molecular formula is C10H10BrNO2. The Labute approximate surface area is 91.4 Å². The maximum absolute atomic E-state index is 8.61. The lowest BCUT2D eigenvalue weighted by Crippen LogP contribution is -1.94. The molecule has 0 radical (unpaired) electrons. The molecule has 0 unspecified atom stereocenters. The average molecular weight is 256 g/mol. The van der Waals surface area contributed by atoms with E-state index in [1.54, 1.807) is 26.4 Å². The molecule has 1 rings (SSSR count). The lowest BCUT2D eigenvalue weighted by Gasteiger charge is -2.09. The SMILES string of the molecule is COc1cc(CC#N)c(OC)cc1Br. The molecule has 0 amide bonds. The Morgan fingerprint density at radius 2 is 1.93 bits per heavy atom. The van der Waals surface area contributed by atoms with E-state index in [4.69, 9.17) is 14.7 Å². The van der Waals surface area contributed by atoms with E-state index in [0.717, 1.165) is 10.0 Å². The van der Waals surface area contributed by atoms with Gasteiger partial charge in [-0.25, -0.2) is 0 Å². The van der Waals surface area contributed by atoms with Crippen molar-refractivity contribution in [3.05, 3.63) is 22.2 Å². The highest BCUT2D eigenvalue weighted by Crippen LogP contribution is 2.32. The number of hydrogen-bond acceptors (Lipinski definition) is 3. The van der Waals surface area contributed by atoms with Crippen molar-refractivity contribution in [2.45, 2.75) is 6.42 Å². The molecule has 0 atom stereocenters. The smallest absolute Gasteiger partial charge is 0.133 e. The van der Waals surface area contributed by atoms with Gasteiger partial charge >= 0.3 is 0 Å². The summed E-state index contributed by atoms with van der Waals surface area (Å²) >= 11 is 3.35. The van der Waals surface area contributed by atoms with Crippen LogP contribution in [0.1, 0.15) is 5.56 Å². The topological polar surface area (TPSA) is 42.2 Å². The molecule has 0 aliphatic rings. The molecule has 0 fully saturated rings. The van der Waals surface area contributed by atoms with Gasteiger partial charge in [0.1, 0.15) is 11.5 Å². The standard InChI is InChI=1S/C10H10BrNO2/c1-13-9-6-8(11)10(14-2)5-7(9)3-4-12/h5-6H,3H2,1-2H3. The van der Waals surface area contributed by atoms with Crippen LogP contribution in [0.4, 0.5) is 0 Å². The van der Waals surface area contributed by atoms with Crippen molar-refractivity contribution in [1.29, 1.82) is 5.26 Å². The summed E-state index contributed by atoms with van der Waals surface area (Å²) in [4.78, 5) is 0. The van der Waals surface area contributed by atoms with Crippen LogP contribution in [0.15, 0.2) is 16.6 Å². The van der Waals surface area contributed by atoms with Crippen molar-refractivity contribution in [2.75, 3.05) is 14.2 Å². The van der Waals surface area contributed by atoms with Gasteiger partial charge in [-0.3, -0.25) is 0 Å². The Morgan fingerprint density at radius 3 is 2.43 bits per heavy atom. The second kappa shape index (κ2) is 4.87. The fraction of sp³-hybridized carbons (Fsp3) is 0.300. The van der Waals surface area contributed by atoms with Gasteiger partial charge in [0.15, 0.2) is 0 Å². The minimum atomic E-state index is 0.312. The predicted molar refractivity (Wildman–Crippen MR) is 56.6 cm³/mol. The van der Waals surface area contributed by atoms with E-state index in [1.807, 2.05) is 0 Å². The second-order valence-electron chi connectivity index (χ2n) is 2.63. The van der Waals surface area contributed by atoms with Crippen LogP contribution < -0.4 is 9.47 Å². The highest BCUT2D eigenvalue weighted by atomic mass is 79.9. The molecule has 1 aromatic rings. The molecule has 3 nitrogen and oxygen atoms in total. The summed E-state index contributed by atoms with van der Waals surface area (Å²) in [5, 5.41) is 8.61. The van der Waals surface area contributed by atoms with Crippen molar-refractivity contribution in [3.63, 3.8) is 0 Å². The number of rotatable bonds is 3. The zero-order chi connectivity index (χ0) is 10.6. The van der Waals surface area contributed by atoms with E-state index in [-0.39, 0.29) is 0 Å². The Morgan fingerprint density at radius 1 is 1.29 bits per heavy atom. The Hall–Kier alpha value is -1.21. The molecule has 0 heterocycles. The number of benzene rings is 1. The highest BCUT2D eigenvalue weighted by Gasteiger charge is 2.08. The van der Waals surface area contributed by atoms with Gasteiger partial charge in [0.05, 0.1) is 31.2 Å². The number of hydrogen-bond donors (Lipinski definition) is 0. The molecule has 74 valence electrons. The summed E-state index contributed by atoms with van der Waals surface area (Å²) in [6.07, 6.45) is 0.312. The first-order chi connectivity index (χ1) is 6.72. The van der Waals surface area contributed by atoms with Gasteiger partial charge in [0.2, 0.25) is 0 Å². The van der Waals surface area contributed by atoms with Crippen LogP contribution in [0.5, 0.6) is 11.5 Å². The van der Waals surface area contributed by atoms with Crippen LogP contribution in [0, 0.1) is 11.3 Å². The molecule has 1 aromatic carbocycles. The largest absolute Gasteiger partial charge is 0.496 e. The van der Waals surface area contributed by atoms with Gasteiger partial charge in [-0.05, 0) is 28.1 Å². The van der Waals surface area contributed by atoms with Crippen molar-refractivity contribution in [1.82, 2.24) is 0 Å². The Bertz CT molecular complexity index is 371. The first-order valence-corrected chi connectivity index (χ1v) is 4.79. The van der Waals surface area contributed by atoms with E-state index in [9.17, 15) is 0 Å². The normalized spacial score (nSPS) is 9.29. The zero-order valence-corrected chi connectivity index (χ0v) is 9.59. The molecule has 0 aliphatic heterocycles. The van der Waals surface area contributed by atoms with Crippen LogP contribution in [0.2, 0.25) is 0 Å². The molecule has 0 saturated carbocycles. The summed E-state index contributed by atoms with van der Waals surface area (Å²) in [6.45, 7) is 0. The minimum absolute atomic E-state index is 0.312. The summed E-state index contributed by atoms with van der Waals surface area (Å²) in [5.74, 6) is 1.40. The number of nitrogens with zero attached hydrogens (tertiary/aromatic N) is 1. The summed E-state index contributed by atoms with van der Waals surface area (Å²) in [6, 6.07) is 5.67. The maximum atomic E-state index is 8.61. The summed E-state index contributed by atoms with van der Waals surface area (Å²) < 4.78 is 11.1. The quantitative estimate of drug-likeness (QED) is 0.834. The molecule has 0 bridgehead atoms. The van der Waals surface area contributed by atoms with Gasteiger partial charge in [0, 0.05) is 5.56 Å². The first kappa shape index (κ1) is 10.9. The van der Waals surface area contributed by atoms with Crippen LogP contribution in [0.25, 0.3) is 0 Å². The third-order valence-electron chi connectivity index (χ3n) is 1.82. The Balaban J connectivity index is 3.19. The van der Waals surface area contributed by atoms with Crippen molar-refractivity contribution < 1.29 is 9.47 Å². The number of methoxy groups -OCH3 is 2. The van der Waals surface area contributed by atoms with Crippen molar-refractivity contribution >= 4 is 15.9 Å². The average Bonchev–Trinajstić information content (AvgIpc) is 2.20. The lowest BCUT2D eigenvalue weighted by atomic mass is 10.1. The number of ether oxygens (including phenoxy) is 2. The highest BCUT2D eigenvalue weighted by molar-refractivity contribution is 9.10. The van der Waals surface area contributed by atoms with Crippen molar-refractivity contribution in [2.24, 2.45) is 0 Å². The van der Waals surface area contributed by atoms with Crippen LogP contribution in [-0.2, 0) is 6.42 Å². The molecular weight excluding hydrogens is 246 g/mol. The molecule has 0 N–H and O–H groups in total. The first-order valence-electron chi connectivity index (χ1n) is 4.00. The summed E-state index contributed by atoms with van der Waals surface area (Å²) in [7, 11) is 3.16. The molecule has 0 saturated heterocycles. The predicted octanol–water partition coefficient (Wildman–Crippen LogP) is 2.53. The minimum Gasteiger partial charge on any atom is -0.496 e. The second-order valence-corrected chi connectivity index (χ2v) is 3.49.